The number of fused-ring (bicyclic) bond motifs is 1. The van der Waals surface area contributed by atoms with E-state index in [4.69, 9.17) is 0 Å². The van der Waals surface area contributed by atoms with E-state index < -0.39 is 0 Å². The standard InChI is InChI=1S/C15H16BrN3O/c1-2-19-14(12(16)9-18-19)15(20)11-5-6-13-10(8-11)4-3-7-17-13/h5-6,8-9,17H,2-4,7H2,1H3. The minimum Gasteiger partial charge on any atom is -0.385 e. The Labute approximate surface area is 126 Å². The predicted molar refractivity (Wildman–Crippen MR) is 82.3 cm³/mol. The van der Waals surface area contributed by atoms with Crippen molar-refractivity contribution in [3.8, 4) is 0 Å². The number of hydrogen-bond acceptors (Lipinski definition) is 3. The Hall–Kier alpha value is -1.62. The summed E-state index contributed by atoms with van der Waals surface area (Å²) in [5.74, 6) is 0.0181. The summed E-state index contributed by atoms with van der Waals surface area (Å²) in [6.45, 7) is 3.67. The van der Waals surface area contributed by atoms with E-state index in [0.717, 1.165) is 35.1 Å². The topological polar surface area (TPSA) is 46.9 Å². The molecule has 1 aromatic heterocycles. The molecule has 0 aliphatic carbocycles. The fourth-order valence-electron chi connectivity index (χ4n) is 2.58. The number of aryl methyl sites for hydroxylation is 2. The second kappa shape index (κ2) is 5.40. The molecule has 0 amide bonds. The second-order valence-corrected chi connectivity index (χ2v) is 5.74. The average molecular weight is 334 g/mol. The Bertz CT molecular complexity index is 663. The van der Waals surface area contributed by atoms with Crippen LogP contribution in [0.4, 0.5) is 5.69 Å². The van der Waals surface area contributed by atoms with E-state index in [1.807, 2.05) is 25.1 Å². The van der Waals surface area contributed by atoms with Crippen LogP contribution >= 0.6 is 15.9 Å². The maximum Gasteiger partial charge on any atom is 0.212 e. The monoisotopic (exact) mass is 333 g/mol. The molecule has 104 valence electrons. The average Bonchev–Trinajstić information content (AvgIpc) is 2.87. The number of carbonyl (C=O) groups excluding carboxylic acids is 1. The Morgan fingerprint density at radius 3 is 3.15 bits per heavy atom. The van der Waals surface area contributed by atoms with Crippen molar-refractivity contribution >= 4 is 27.4 Å². The normalized spacial score (nSPS) is 13.7. The second-order valence-electron chi connectivity index (χ2n) is 4.89. The van der Waals surface area contributed by atoms with Crippen molar-refractivity contribution in [2.45, 2.75) is 26.3 Å². The van der Waals surface area contributed by atoms with Crippen LogP contribution < -0.4 is 5.32 Å². The van der Waals surface area contributed by atoms with E-state index in [9.17, 15) is 4.79 Å². The van der Waals surface area contributed by atoms with Gasteiger partial charge in [0.25, 0.3) is 0 Å². The summed E-state index contributed by atoms with van der Waals surface area (Å²) < 4.78 is 2.48. The Balaban J connectivity index is 2.00. The molecule has 0 atom stereocenters. The first kappa shape index (κ1) is 13.4. The summed E-state index contributed by atoms with van der Waals surface area (Å²) in [4.78, 5) is 12.7. The number of benzene rings is 1. The molecule has 1 N–H and O–H groups in total. The van der Waals surface area contributed by atoms with Crippen molar-refractivity contribution in [2.75, 3.05) is 11.9 Å². The smallest absolute Gasteiger partial charge is 0.212 e. The number of aromatic nitrogens is 2. The van der Waals surface area contributed by atoms with Crippen LogP contribution in [-0.4, -0.2) is 22.1 Å². The number of rotatable bonds is 3. The summed E-state index contributed by atoms with van der Waals surface area (Å²) in [5.41, 5.74) is 3.72. The van der Waals surface area contributed by atoms with E-state index in [0.29, 0.717) is 12.2 Å². The molecule has 1 aliphatic heterocycles. The zero-order valence-corrected chi connectivity index (χ0v) is 12.9. The molecule has 2 heterocycles. The van der Waals surface area contributed by atoms with Gasteiger partial charge < -0.3 is 5.32 Å². The number of nitrogens with zero attached hydrogens (tertiary/aromatic N) is 2. The number of anilines is 1. The van der Waals surface area contributed by atoms with Gasteiger partial charge in [0.2, 0.25) is 5.78 Å². The lowest BCUT2D eigenvalue weighted by molar-refractivity contribution is 0.102. The maximum atomic E-state index is 12.7. The number of hydrogen-bond donors (Lipinski definition) is 1. The summed E-state index contributed by atoms with van der Waals surface area (Å²) in [6.07, 6.45) is 3.82. The Morgan fingerprint density at radius 2 is 2.35 bits per heavy atom. The predicted octanol–water partition coefficient (Wildman–Crippen LogP) is 3.25. The number of ketones is 1. The SMILES string of the molecule is CCn1ncc(Br)c1C(=O)c1ccc2c(c1)CCCN2. The van der Waals surface area contributed by atoms with Crippen molar-refractivity contribution in [3.05, 3.63) is 45.7 Å². The first-order valence-electron chi connectivity index (χ1n) is 6.83. The summed E-state index contributed by atoms with van der Waals surface area (Å²) in [5, 5.41) is 7.56. The van der Waals surface area contributed by atoms with Crippen molar-refractivity contribution in [1.82, 2.24) is 9.78 Å². The number of halogens is 1. The molecule has 3 rings (SSSR count). The molecule has 5 heteroatoms. The first-order chi connectivity index (χ1) is 9.70. The molecule has 0 spiro atoms. The van der Waals surface area contributed by atoms with Crippen LogP contribution in [0.5, 0.6) is 0 Å². The van der Waals surface area contributed by atoms with Gasteiger partial charge in [0.05, 0.1) is 10.7 Å². The minimum atomic E-state index is 0.0181. The van der Waals surface area contributed by atoms with Crippen molar-refractivity contribution < 1.29 is 4.79 Å². The van der Waals surface area contributed by atoms with Gasteiger partial charge in [-0.25, -0.2) is 0 Å². The summed E-state index contributed by atoms with van der Waals surface area (Å²) in [7, 11) is 0. The van der Waals surface area contributed by atoms with Crippen LogP contribution in [0.2, 0.25) is 0 Å². The van der Waals surface area contributed by atoms with Crippen molar-refractivity contribution in [2.24, 2.45) is 0 Å². The van der Waals surface area contributed by atoms with Gasteiger partial charge in [0.1, 0.15) is 5.69 Å². The maximum absolute atomic E-state index is 12.7. The molecule has 0 radical (unpaired) electrons. The van der Waals surface area contributed by atoms with Crippen LogP contribution in [0.25, 0.3) is 0 Å². The molecule has 1 aliphatic rings. The molecule has 0 unspecified atom stereocenters. The third-order valence-corrected chi connectivity index (χ3v) is 4.20. The minimum absolute atomic E-state index is 0.0181. The molecular formula is C15H16BrN3O. The quantitative estimate of drug-likeness (QED) is 0.877. The van der Waals surface area contributed by atoms with Gasteiger partial charge in [-0.2, -0.15) is 5.10 Å². The van der Waals surface area contributed by atoms with Gasteiger partial charge in [0, 0.05) is 24.3 Å². The van der Waals surface area contributed by atoms with Gasteiger partial charge in [-0.15, -0.1) is 0 Å². The lowest BCUT2D eigenvalue weighted by Crippen LogP contribution is -2.14. The van der Waals surface area contributed by atoms with E-state index in [2.05, 4.69) is 26.3 Å². The zero-order chi connectivity index (χ0) is 14.1. The van der Waals surface area contributed by atoms with Gasteiger partial charge in [-0.1, -0.05) is 0 Å². The molecule has 4 nitrogen and oxygen atoms in total. The van der Waals surface area contributed by atoms with Crippen LogP contribution in [0.15, 0.2) is 28.9 Å². The highest BCUT2D eigenvalue weighted by atomic mass is 79.9. The van der Waals surface area contributed by atoms with Crippen molar-refractivity contribution in [3.63, 3.8) is 0 Å². The van der Waals surface area contributed by atoms with Gasteiger partial charge in [-0.05, 0) is 59.5 Å². The highest BCUT2D eigenvalue weighted by Crippen LogP contribution is 2.26. The van der Waals surface area contributed by atoms with E-state index >= 15 is 0 Å². The molecule has 1 aromatic carbocycles. The van der Waals surface area contributed by atoms with Crippen LogP contribution in [0, 0.1) is 0 Å². The molecule has 0 bridgehead atoms. The Morgan fingerprint density at radius 1 is 1.50 bits per heavy atom. The third-order valence-electron chi connectivity index (χ3n) is 3.62. The van der Waals surface area contributed by atoms with Crippen LogP contribution in [0.1, 0.15) is 35.0 Å². The van der Waals surface area contributed by atoms with Crippen LogP contribution in [-0.2, 0) is 13.0 Å². The summed E-state index contributed by atoms with van der Waals surface area (Å²) >= 11 is 3.41. The van der Waals surface area contributed by atoms with E-state index in [-0.39, 0.29) is 5.78 Å². The van der Waals surface area contributed by atoms with Gasteiger partial charge >= 0.3 is 0 Å². The third kappa shape index (κ3) is 2.26. The molecular weight excluding hydrogens is 318 g/mol. The zero-order valence-electron chi connectivity index (χ0n) is 11.3. The van der Waals surface area contributed by atoms with Crippen LogP contribution in [0.3, 0.4) is 0 Å². The number of nitrogens with one attached hydrogen (secondary N) is 1. The first-order valence-corrected chi connectivity index (χ1v) is 7.63. The van der Waals surface area contributed by atoms with Gasteiger partial charge in [-0.3, -0.25) is 9.48 Å². The number of carbonyl (C=O) groups is 1. The fourth-order valence-corrected chi connectivity index (χ4v) is 3.06. The fraction of sp³-hybridized carbons (Fsp3) is 0.333. The molecule has 20 heavy (non-hydrogen) atoms. The summed E-state index contributed by atoms with van der Waals surface area (Å²) in [6, 6.07) is 5.89. The molecule has 0 saturated carbocycles. The van der Waals surface area contributed by atoms with E-state index in [1.165, 1.54) is 5.56 Å². The molecule has 2 aromatic rings. The largest absolute Gasteiger partial charge is 0.385 e. The van der Waals surface area contributed by atoms with Gasteiger partial charge in [0.15, 0.2) is 0 Å². The van der Waals surface area contributed by atoms with Crippen molar-refractivity contribution in [1.29, 1.82) is 0 Å². The highest BCUT2D eigenvalue weighted by molar-refractivity contribution is 9.10. The lowest BCUT2D eigenvalue weighted by atomic mass is 9.98. The Kier molecular flexibility index (Phi) is 3.61. The molecule has 0 fully saturated rings. The molecule has 0 saturated heterocycles. The van der Waals surface area contributed by atoms with E-state index in [1.54, 1.807) is 10.9 Å². The lowest BCUT2D eigenvalue weighted by Gasteiger charge is -2.18. The highest BCUT2D eigenvalue weighted by Gasteiger charge is 2.19.